The van der Waals surface area contributed by atoms with Crippen LogP contribution in [0.15, 0.2) is 48.5 Å². The molecular weight excluding hydrogens is 300 g/mol. The third-order valence-corrected chi connectivity index (χ3v) is 4.28. The molecule has 0 fully saturated rings. The number of aromatic hydroxyl groups is 2. The quantitative estimate of drug-likeness (QED) is 0.402. The lowest BCUT2D eigenvalue weighted by Gasteiger charge is -1.90. The number of hydrogen-bond acceptors (Lipinski definition) is 2. The zero-order chi connectivity index (χ0) is 16.8. The van der Waals surface area contributed by atoms with Crippen LogP contribution >= 0.6 is 0 Å². The Labute approximate surface area is 136 Å². The van der Waals surface area contributed by atoms with Gasteiger partial charge >= 0.3 is 0 Å². The highest BCUT2D eigenvalue weighted by Gasteiger charge is 2.14. The Balaban J connectivity index is 2.42. The number of rotatable bonds is 0. The van der Waals surface area contributed by atoms with Crippen molar-refractivity contribution in [1.29, 1.82) is 0 Å². The van der Waals surface area contributed by atoms with Gasteiger partial charge in [0.05, 0.1) is 21.5 Å². The molecule has 2 aromatic carbocycles. The van der Waals surface area contributed by atoms with Crippen LogP contribution < -0.4 is 10.4 Å². The Hall–Kier alpha value is -3.40. The first-order valence-corrected chi connectivity index (χ1v) is 7.56. The van der Waals surface area contributed by atoms with Gasteiger partial charge in [-0.25, -0.2) is 0 Å². The molecule has 0 saturated heterocycles. The molecule has 0 aliphatic carbocycles. The van der Waals surface area contributed by atoms with Gasteiger partial charge in [0.15, 0.2) is 11.8 Å². The second-order valence-electron chi connectivity index (χ2n) is 5.76. The van der Waals surface area contributed by atoms with Crippen molar-refractivity contribution in [2.24, 2.45) is 0 Å². The number of aromatic nitrogens is 2. The Morgan fingerprint density at radius 2 is 1.00 bits per heavy atom. The molecule has 0 amide bonds. The van der Waals surface area contributed by atoms with E-state index in [1.54, 1.807) is 0 Å². The molecule has 4 nitrogen and oxygen atoms in total. The molecule has 0 aliphatic heterocycles. The highest BCUT2D eigenvalue weighted by molar-refractivity contribution is 5.93. The minimum Gasteiger partial charge on any atom is -0.494 e. The van der Waals surface area contributed by atoms with Gasteiger partial charge in [0.1, 0.15) is 0 Å². The monoisotopic (exact) mass is 316 g/mol. The van der Waals surface area contributed by atoms with Crippen LogP contribution in [-0.4, -0.2) is 20.2 Å². The first-order chi connectivity index (χ1) is 11.6. The Morgan fingerprint density at radius 1 is 0.625 bits per heavy atom. The van der Waals surface area contributed by atoms with Crippen LogP contribution in [0.1, 0.15) is 0 Å². The van der Waals surface area contributed by atoms with Gasteiger partial charge < -0.3 is 20.2 Å². The van der Waals surface area contributed by atoms with E-state index in [1.165, 1.54) is 0 Å². The molecule has 0 aliphatic rings. The van der Waals surface area contributed by atoms with Crippen LogP contribution in [0.4, 0.5) is 0 Å². The van der Waals surface area contributed by atoms with Crippen molar-refractivity contribution in [2.45, 2.75) is 0 Å². The fourth-order valence-corrected chi connectivity index (χ4v) is 3.14. The summed E-state index contributed by atoms with van der Waals surface area (Å²) >= 11 is 0. The van der Waals surface area contributed by atoms with E-state index in [-0.39, 0.29) is 11.8 Å². The van der Waals surface area contributed by atoms with Crippen molar-refractivity contribution >= 4 is 23.9 Å². The predicted molar refractivity (Wildman–Crippen MR) is 94.5 cm³/mol. The van der Waals surface area contributed by atoms with Crippen molar-refractivity contribution in [3.8, 4) is 11.8 Å². The van der Waals surface area contributed by atoms with Gasteiger partial charge in [0.2, 0.25) is 0 Å². The fourth-order valence-electron chi connectivity index (χ4n) is 3.14. The van der Waals surface area contributed by atoms with Gasteiger partial charge in [-0.1, -0.05) is 61.7 Å². The van der Waals surface area contributed by atoms with E-state index in [1.807, 2.05) is 48.5 Å². The van der Waals surface area contributed by atoms with Gasteiger partial charge in [-0.3, -0.25) is 0 Å². The fraction of sp³-hybridized carbons (Fsp3) is 0. The van der Waals surface area contributed by atoms with Crippen molar-refractivity contribution in [2.75, 3.05) is 0 Å². The molecule has 0 saturated carbocycles. The second kappa shape index (κ2) is 5.06. The molecular formula is C20H16N2O2. The summed E-state index contributed by atoms with van der Waals surface area (Å²) in [4.78, 5) is 5.95. The van der Waals surface area contributed by atoms with E-state index in [0.29, 0.717) is 21.5 Å². The van der Waals surface area contributed by atoms with Crippen LogP contribution in [0.2, 0.25) is 0 Å². The zero-order valence-electron chi connectivity index (χ0n) is 12.9. The first-order valence-electron chi connectivity index (χ1n) is 7.56. The summed E-state index contributed by atoms with van der Waals surface area (Å²) in [6.07, 6.45) is 0. The Kier molecular flexibility index (Phi) is 3.00. The summed E-state index contributed by atoms with van der Waals surface area (Å²) in [6.45, 7) is 8.04. The number of H-pyrrole nitrogens is 2. The van der Waals surface area contributed by atoms with Crippen LogP contribution in [0, 0.1) is 21.1 Å². The van der Waals surface area contributed by atoms with Crippen molar-refractivity contribution < 1.29 is 10.2 Å². The van der Waals surface area contributed by atoms with E-state index in [0.717, 1.165) is 20.9 Å². The predicted octanol–water partition coefficient (Wildman–Crippen LogP) is 2.30. The molecule has 0 radical (unpaired) electrons. The smallest absolute Gasteiger partial charge is 0.199 e. The maximum atomic E-state index is 10.5. The number of aromatic amines is 2. The number of hydrogen-bond donors (Lipinski definition) is 4. The van der Waals surface area contributed by atoms with Gasteiger partial charge in [-0.2, -0.15) is 0 Å². The zero-order valence-corrected chi connectivity index (χ0v) is 12.9. The average Bonchev–Trinajstić information content (AvgIpc) is 3.08. The number of fused-ring (bicyclic) bond motifs is 1. The summed E-state index contributed by atoms with van der Waals surface area (Å²) in [7, 11) is 0. The van der Waals surface area contributed by atoms with E-state index in [4.69, 9.17) is 0 Å². The third kappa shape index (κ3) is 1.93. The van der Waals surface area contributed by atoms with Gasteiger partial charge in [-0.15, -0.1) is 0 Å². The first kappa shape index (κ1) is 14.2. The van der Waals surface area contributed by atoms with Crippen molar-refractivity contribution in [3.63, 3.8) is 0 Å². The Bertz CT molecular complexity index is 1260. The molecule has 0 atom stereocenters. The van der Waals surface area contributed by atoms with Crippen LogP contribution in [0.3, 0.4) is 0 Å². The molecule has 0 unspecified atom stereocenters. The topological polar surface area (TPSA) is 72.0 Å². The van der Waals surface area contributed by atoms with Crippen molar-refractivity contribution in [1.82, 2.24) is 9.97 Å². The van der Waals surface area contributed by atoms with Gasteiger partial charge in [-0.05, 0) is 10.4 Å². The summed E-state index contributed by atoms with van der Waals surface area (Å²) in [6, 6.07) is 15.1. The summed E-state index contributed by atoms with van der Waals surface area (Å²) in [5.74, 6) is -0.00360. The molecule has 2 aromatic heterocycles. The maximum absolute atomic E-state index is 10.5. The molecule has 118 valence electrons. The van der Waals surface area contributed by atoms with E-state index >= 15 is 0 Å². The minimum absolute atomic E-state index is 0.00180. The lowest BCUT2D eigenvalue weighted by Crippen LogP contribution is -1.98. The van der Waals surface area contributed by atoms with Crippen LogP contribution in [0.5, 0.6) is 11.8 Å². The van der Waals surface area contributed by atoms with Gasteiger partial charge in [0, 0.05) is 10.4 Å². The van der Waals surface area contributed by atoms with Crippen LogP contribution in [0.25, 0.3) is 23.9 Å². The summed E-state index contributed by atoms with van der Waals surface area (Å²) in [5, 5.41) is 26.5. The van der Waals surface area contributed by atoms with Gasteiger partial charge in [0.25, 0.3) is 0 Å². The molecule has 4 heteroatoms. The lowest BCUT2D eigenvalue weighted by molar-refractivity contribution is 0.459. The normalized spacial score (nSPS) is 14.2. The highest BCUT2D eigenvalue weighted by atomic mass is 16.3. The molecule has 4 rings (SSSR count). The summed E-state index contributed by atoms with van der Waals surface area (Å²) in [5.41, 5.74) is 0. The number of nitrogens with one attached hydrogen (secondary N) is 2. The molecule has 0 spiro atoms. The molecule has 0 bridgehead atoms. The molecule has 4 aromatic rings. The largest absolute Gasteiger partial charge is 0.494 e. The summed E-state index contributed by atoms with van der Waals surface area (Å²) < 4.78 is 0. The third-order valence-electron chi connectivity index (χ3n) is 4.28. The Morgan fingerprint density at radius 3 is 1.38 bits per heavy atom. The SMILES string of the molecule is C=c1cccc/c1=c1\[nH]c(O)c2/c(=c3/ccccc3=C)[nH]c(O)c12. The molecule has 4 N–H and O–H groups in total. The highest BCUT2D eigenvalue weighted by Crippen LogP contribution is 2.33. The van der Waals surface area contributed by atoms with Crippen molar-refractivity contribution in [3.05, 3.63) is 80.1 Å². The standard InChI is InChI=1S/C20H16N2O2/c1-11-7-3-5-9-13(11)17-15-16(20(24)21-17)18(22-19(15)23)14-10-6-4-8-12(14)2/h3-10,21-24H,1-2H2/b17-13+,18-14+. The molecule has 2 heterocycles. The average molecular weight is 316 g/mol. The lowest BCUT2D eigenvalue weighted by atomic mass is 10.2. The minimum atomic E-state index is -0.00180. The maximum Gasteiger partial charge on any atom is 0.199 e. The van der Waals surface area contributed by atoms with E-state index in [2.05, 4.69) is 23.1 Å². The molecule has 24 heavy (non-hydrogen) atoms. The second-order valence-corrected chi connectivity index (χ2v) is 5.76. The van der Waals surface area contributed by atoms with Crippen LogP contribution in [-0.2, 0) is 0 Å². The van der Waals surface area contributed by atoms with E-state index in [9.17, 15) is 10.2 Å². The number of benzene rings is 2. The van der Waals surface area contributed by atoms with E-state index < -0.39 is 0 Å².